The number of hydrogen-bond donors (Lipinski definition) is 3. The Hall–Kier alpha value is -2.49. The molecule has 0 fully saturated rings. The number of nitrogens with two attached hydrogens (primary N) is 1. The summed E-state index contributed by atoms with van der Waals surface area (Å²) in [6.07, 6.45) is 3.03. The first-order valence-electron chi connectivity index (χ1n) is 6.76. The van der Waals surface area contributed by atoms with Crippen LogP contribution in [0.25, 0.3) is 10.9 Å². The van der Waals surface area contributed by atoms with Crippen molar-refractivity contribution >= 4 is 22.4 Å². The third-order valence-corrected chi connectivity index (χ3v) is 3.50. The average Bonchev–Trinajstić information content (AvgIpc) is 2.86. The summed E-state index contributed by atoms with van der Waals surface area (Å²) in [5.41, 5.74) is 9.86. The van der Waals surface area contributed by atoms with E-state index in [1.54, 1.807) is 0 Å². The number of aromatic amines is 1. The Morgan fingerprint density at radius 2 is 2.05 bits per heavy atom. The lowest BCUT2D eigenvalue weighted by Gasteiger charge is -2.07. The van der Waals surface area contributed by atoms with Crippen molar-refractivity contribution in [3.05, 3.63) is 53.9 Å². The Balaban J connectivity index is 1.66. The van der Waals surface area contributed by atoms with Crippen LogP contribution in [-0.2, 0) is 6.42 Å². The number of para-hydroxylation sites is 1. The smallest absolute Gasteiger partial charge is 0.126 e. The zero-order valence-electron chi connectivity index (χ0n) is 11.5. The molecule has 0 amide bonds. The fraction of sp³-hybridized carbons (Fsp3) is 0.188. The van der Waals surface area contributed by atoms with Crippen LogP contribution >= 0.6 is 0 Å². The molecule has 4 N–H and O–H groups in total. The molecule has 4 nitrogen and oxygen atoms in total. The molecule has 0 atom stereocenters. The molecule has 2 heterocycles. The summed E-state index contributed by atoms with van der Waals surface area (Å²) in [5.74, 6) is 0.872. The highest BCUT2D eigenvalue weighted by Crippen LogP contribution is 2.18. The number of pyridine rings is 1. The van der Waals surface area contributed by atoms with Crippen LogP contribution in [0.4, 0.5) is 11.5 Å². The van der Waals surface area contributed by atoms with Gasteiger partial charge in [0.05, 0.1) is 11.4 Å². The van der Waals surface area contributed by atoms with Gasteiger partial charge in [0, 0.05) is 23.6 Å². The minimum Gasteiger partial charge on any atom is -0.397 e. The molecule has 20 heavy (non-hydrogen) atoms. The molecule has 0 saturated heterocycles. The molecule has 0 radical (unpaired) electrons. The van der Waals surface area contributed by atoms with Crippen molar-refractivity contribution in [2.45, 2.75) is 13.3 Å². The van der Waals surface area contributed by atoms with Crippen LogP contribution in [0.5, 0.6) is 0 Å². The quantitative estimate of drug-likeness (QED) is 0.679. The Morgan fingerprint density at radius 3 is 2.90 bits per heavy atom. The lowest BCUT2D eigenvalue weighted by atomic mass is 10.1. The average molecular weight is 266 g/mol. The van der Waals surface area contributed by atoms with Crippen LogP contribution in [0, 0.1) is 6.92 Å². The van der Waals surface area contributed by atoms with Crippen molar-refractivity contribution < 1.29 is 0 Å². The first-order valence-corrected chi connectivity index (χ1v) is 6.76. The minimum atomic E-state index is 0.729. The molecule has 0 spiro atoms. The van der Waals surface area contributed by atoms with E-state index in [-0.39, 0.29) is 0 Å². The van der Waals surface area contributed by atoms with Crippen molar-refractivity contribution in [1.82, 2.24) is 9.97 Å². The lowest BCUT2D eigenvalue weighted by Crippen LogP contribution is -2.07. The molecule has 102 valence electrons. The van der Waals surface area contributed by atoms with Crippen LogP contribution in [-0.4, -0.2) is 16.5 Å². The molecule has 0 aliphatic heterocycles. The van der Waals surface area contributed by atoms with E-state index in [9.17, 15) is 0 Å². The number of anilines is 2. The van der Waals surface area contributed by atoms with Crippen molar-refractivity contribution in [2.24, 2.45) is 0 Å². The van der Waals surface area contributed by atoms with Crippen LogP contribution in [0.3, 0.4) is 0 Å². The van der Waals surface area contributed by atoms with E-state index < -0.39 is 0 Å². The number of nitrogens with zero attached hydrogens (tertiary/aromatic N) is 1. The molecule has 4 heteroatoms. The Labute approximate surface area is 118 Å². The predicted octanol–water partition coefficient (Wildman–Crippen LogP) is 3.11. The second kappa shape index (κ2) is 5.25. The van der Waals surface area contributed by atoms with Crippen LogP contribution in [0.1, 0.15) is 11.3 Å². The van der Waals surface area contributed by atoms with E-state index in [1.807, 2.05) is 25.1 Å². The lowest BCUT2D eigenvalue weighted by molar-refractivity contribution is 1.01. The van der Waals surface area contributed by atoms with E-state index in [0.29, 0.717) is 0 Å². The van der Waals surface area contributed by atoms with E-state index in [4.69, 9.17) is 5.73 Å². The molecule has 0 saturated carbocycles. The van der Waals surface area contributed by atoms with E-state index in [0.717, 1.165) is 30.2 Å². The van der Waals surface area contributed by atoms with Crippen LogP contribution in [0.15, 0.2) is 42.6 Å². The van der Waals surface area contributed by atoms with E-state index in [2.05, 4.69) is 39.7 Å². The Bertz CT molecular complexity index is 730. The van der Waals surface area contributed by atoms with Gasteiger partial charge in [0.2, 0.25) is 0 Å². The number of aryl methyl sites for hydroxylation is 1. The number of H-pyrrole nitrogens is 1. The maximum absolute atomic E-state index is 5.76. The summed E-state index contributed by atoms with van der Waals surface area (Å²) in [7, 11) is 0. The van der Waals surface area contributed by atoms with Gasteiger partial charge < -0.3 is 16.0 Å². The Morgan fingerprint density at radius 1 is 1.20 bits per heavy atom. The number of nitrogen functional groups attached to an aromatic ring is 1. The molecule has 0 aliphatic carbocycles. The molecule has 0 unspecified atom stereocenters. The van der Waals surface area contributed by atoms with Gasteiger partial charge in [0.1, 0.15) is 5.82 Å². The van der Waals surface area contributed by atoms with Crippen molar-refractivity contribution in [3.63, 3.8) is 0 Å². The van der Waals surface area contributed by atoms with Gasteiger partial charge in [-0.25, -0.2) is 4.98 Å². The third-order valence-electron chi connectivity index (χ3n) is 3.50. The molecular formula is C16H18N4. The fourth-order valence-corrected chi connectivity index (χ4v) is 2.33. The predicted molar refractivity (Wildman–Crippen MR) is 83.9 cm³/mol. The highest BCUT2D eigenvalue weighted by Gasteiger charge is 2.03. The zero-order chi connectivity index (χ0) is 13.9. The summed E-state index contributed by atoms with van der Waals surface area (Å²) in [6, 6.07) is 12.2. The molecule has 3 aromatic rings. The van der Waals surface area contributed by atoms with Gasteiger partial charge >= 0.3 is 0 Å². The number of hydrogen-bond acceptors (Lipinski definition) is 3. The normalized spacial score (nSPS) is 10.8. The van der Waals surface area contributed by atoms with E-state index >= 15 is 0 Å². The first kappa shape index (κ1) is 12.5. The SMILES string of the molecule is Cc1nc(NCCc2c[nH]c3ccccc23)ccc1N. The number of aromatic nitrogens is 2. The molecule has 0 bridgehead atoms. The van der Waals surface area contributed by atoms with Crippen LogP contribution in [0.2, 0.25) is 0 Å². The third kappa shape index (κ3) is 2.45. The molecular weight excluding hydrogens is 248 g/mol. The second-order valence-electron chi connectivity index (χ2n) is 4.91. The summed E-state index contributed by atoms with van der Waals surface area (Å²) in [6.45, 7) is 2.76. The summed E-state index contributed by atoms with van der Waals surface area (Å²) in [4.78, 5) is 7.70. The van der Waals surface area contributed by atoms with Gasteiger partial charge in [0.15, 0.2) is 0 Å². The minimum absolute atomic E-state index is 0.729. The largest absolute Gasteiger partial charge is 0.397 e. The maximum Gasteiger partial charge on any atom is 0.126 e. The molecule has 0 aliphatic rings. The van der Waals surface area contributed by atoms with Crippen LogP contribution < -0.4 is 11.1 Å². The summed E-state index contributed by atoms with van der Waals surface area (Å²) >= 11 is 0. The summed E-state index contributed by atoms with van der Waals surface area (Å²) in [5, 5.41) is 4.62. The van der Waals surface area contributed by atoms with Crippen molar-refractivity contribution in [2.75, 3.05) is 17.6 Å². The van der Waals surface area contributed by atoms with Crippen molar-refractivity contribution in [1.29, 1.82) is 0 Å². The van der Waals surface area contributed by atoms with E-state index in [1.165, 1.54) is 16.5 Å². The van der Waals surface area contributed by atoms with Gasteiger partial charge in [-0.05, 0) is 37.1 Å². The first-order chi connectivity index (χ1) is 9.74. The van der Waals surface area contributed by atoms with Gasteiger partial charge in [-0.2, -0.15) is 0 Å². The zero-order valence-corrected chi connectivity index (χ0v) is 11.5. The fourth-order valence-electron chi connectivity index (χ4n) is 2.33. The summed E-state index contributed by atoms with van der Waals surface area (Å²) < 4.78 is 0. The van der Waals surface area contributed by atoms with Gasteiger partial charge in [-0.15, -0.1) is 0 Å². The number of fused-ring (bicyclic) bond motifs is 1. The monoisotopic (exact) mass is 266 g/mol. The second-order valence-corrected chi connectivity index (χ2v) is 4.91. The molecule has 2 aromatic heterocycles. The molecule has 1 aromatic carbocycles. The molecule has 3 rings (SSSR count). The highest BCUT2D eigenvalue weighted by molar-refractivity contribution is 5.83. The topological polar surface area (TPSA) is 66.7 Å². The number of rotatable bonds is 4. The number of nitrogens with one attached hydrogen (secondary N) is 2. The van der Waals surface area contributed by atoms with Crippen molar-refractivity contribution in [3.8, 4) is 0 Å². The van der Waals surface area contributed by atoms with Gasteiger partial charge in [0.25, 0.3) is 0 Å². The van der Waals surface area contributed by atoms with Gasteiger partial charge in [-0.3, -0.25) is 0 Å². The Kier molecular flexibility index (Phi) is 3.29. The highest BCUT2D eigenvalue weighted by atomic mass is 15.0. The maximum atomic E-state index is 5.76. The number of benzene rings is 1. The standard InChI is InChI=1S/C16H18N4/c1-11-14(17)6-7-16(20-11)18-9-8-12-10-19-15-5-3-2-4-13(12)15/h2-7,10,19H,8-9,17H2,1H3,(H,18,20). The van der Waals surface area contributed by atoms with Gasteiger partial charge in [-0.1, -0.05) is 18.2 Å².